The number of aryl methyl sites for hydroxylation is 1. The van der Waals surface area contributed by atoms with E-state index in [2.05, 4.69) is 22.2 Å². The smallest absolute Gasteiger partial charge is 0.182 e. The summed E-state index contributed by atoms with van der Waals surface area (Å²) in [5.41, 5.74) is 1.76. The second kappa shape index (κ2) is 6.21. The van der Waals surface area contributed by atoms with E-state index >= 15 is 0 Å². The van der Waals surface area contributed by atoms with Crippen LogP contribution in [0.5, 0.6) is 0 Å². The molecule has 0 aliphatic heterocycles. The van der Waals surface area contributed by atoms with E-state index in [1.54, 1.807) is 6.07 Å². The molecule has 0 unspecified atom stereocenters. The van der Waals surface area contributed by atoms with Crippen LogP contribution >= 0.6 is 11.3 Å². The zero-order valence-electron chi connectivity index (χ0n) is 13.7. The van der Waals surface area contributed by atoms with Gasteiger partial charge in [0.25, 0.3) is 0 Å². The molecule has 0 amide bonds. The third-order valence-corrected chi connectivity index (χ3v) is 5.00. The van der Waals surface area contributed by atoms with Crippen molar-refractivity contribution in [3.05, 3.63) is 59.7 Å². The minimum absolute atomic E-state index is 0.291. The molecule has 26 heavy (non-hydrogen) atoms. The summed E-state index contributed by atoms with van der Waals surface area (Å²) < 4.78 is 40.4. The molecule has 0 atom stereocenters. The van der Waals surface area contributed by atoms with Crippen LogP contribution in [0, 0.1) is 0 Å². The number of alkyl halides is 3. The average Bonchev–Trinajstić information content (AvgIpc) is 3.22. The van der Waals surface area contributed by atoms with Gasteiger partial charge in [0.15, 0.2) is 5.82 Å². The highest BCUT2D eigenvalue weighted by atomic mass is 32.1. The molecule has 2 heterocycles. The van der Waals surface area contributed by atoms with Crippen LogP contribution in [0.2, 0.25) is 0 Å². The van der Waals surface area contributed by atoms with E-state index in [1.807, 2.05) is 24.3 Å². The highest BCUT2D eigenvalue weighted by Crippen LogP contribution is 2.33. The summed E-state index contributed by atoms with van der Waals surface area (Å²) >= 11 is 1.35. The molecule has 0 radical (unpaired) electrons. The van der Waals surface area contributed by atoms with Gasteiger partial charge in [-0.25, -0.2) is 0 Å². The number of nitrogens with zero attached hydrogens (tertiary/aromatic N) is 4. The quantitative estimate of drug-likeness (QED) is 0.501. The van der Waals surface area contributed by atoms with Gasteiger partial charge in [-0.15, -0.1) is 10.2 Å². The molecule has 0 N–H and O–H groups in total. The van der Waals surface area contributed by atoms with Crippen molar-refractivity contribution in [2.45, 2.75) is 19.5 Å². The van der Waals surface area contributed by atoms with Crippen molar-refractivity contribution in [2.75, 3.05) is 0 Å². The average molecular weight is 374 g/mol. The Bertz CT molecular complexity index is 1060. The molecular formula is C18H13F3N4S. The van der Waals surface area contributed by atoms with Gasteiger partial charge in [0, 0.05) is 11.1 Å². The normalized spacial score (nSPS) is 12.0. The molecule has 4 nitrogen and oxygen atoms in total. The van der Waals surface area contributed by atoms with E-state index in [9.17, 15) is 13.2 Å². The largest absolute Gasteiger partial charge is 0.416 e. The highest BCUT2D eigenvalue weighted by Gasteiger charge is 2.31. The lowest BCUT2D eigenvalue weighted by molar-refractivity contribution is -0.137. The second-order valence-corrected chi connectivity index (χ2v) is 6.71. The summed E-state index contributed by atoms with van der Waals surface area (Å²) in [6, 6.07) is 13.0. The molecule has 0 spiro atoms. The molecule has 4 rings (SSSR count). The maximum Gasteiger partial charge on any atom is 0.416 e. The molecule has 0 aliphatic carbocycles. The Morgan fingerprint density at radius 2 is 1.77 bits per heavy atom. The Labute approximate surface area is 150 Å². The van der Waals surface area contributed by atoms with Crippen molar-refractivity contribution in [2.24, 2.45) is 0 Å². The van der Waals surface area contributed by atoms with Crippen LogP contribution in [0.15, 0.2) is 48.5 Å². The molecule has 2 aromatic carbocycles. The number of benzene rings is 2. The topological polar surface area (TPSA) is 43.1 Å². The summed E-state index contributed by atoms with van der Waals surface area (Å²) in [6.07, 6.45) is -3.46. The van der Waals surface area contributed by atoms with E-state index < -0.39 is 11.7 Å². The molecule has 2 aromatic heterocycles. The molecule has 0 aliphatic rings. The van der Waals surface area contributed by atoms with Crippen LogP contribution < -0.4 is 0 Å². The third kappa shape index (κ3) is 2.96. The highest BCUT2D eigenvalue weighted by molar-refractivity contribution is 7.19. The minimum Gasteiger partial charge on any atom is -0.182 e. The van der Waals surface area contributed by atoms with E-state index in [0.29, 0.717) is 16.3 Å². The molecule has 4 aromatic rings. The maximum atomic E-state index is 13.0. The van der Waals surface area contributed by atoms with Crippen LogP contribution in [0.3, 0.4) is 0 Å². The fourth-order valence-corrected chi connectivity index (χ4v) is 3.48. The van der Waals surface area contributed by atoms with E-state index in [-0.39, 0.29) is 0 Å². The predicted molar refractivity (Wildman–Crippen MR) is 93.9 cm³/mol. The SMILES string of the molecule is CCc1ccc(-c2nn3c(-c4cccc(C(F)(F)F)c4)nnc3s2)cc1. The van der Waals surface area contributed by atoms with Crippen molar-refractivity contribution in [3.8, 4) is 22.0 Å². The maximum absolute atomic E-state index is 13.0. The summed E-state index contributed by atoms with van der Waals surface area (Å²) in [5.74, 6) is 0.291. The van der Waals surface area contributed by atoms with Gasteiger partial charge < -0.3 is 0 Å². The first-order valence-electron chi connectivity index (χ1n) is 7.95. The Kier molecular flexibility index (Phi) is 3.99. The number of hydrogen-bond acceptors (Lipinski definition) is 4. The number of halogens is 3. The van der Waals surface area contributed by atoms with Crippen LogP contribution in [0.25, 0.3) is 26.9 Å². The van der Waals surface area contributed by atoms with Gasteiger partial charge in [-0.1, -0.05) is 54.7 Å². The Hall–Kier alpha value is -2.74. The van der Waals surface area contributed by atoms with Crippen LogP contribution in [-0.2, 0) is 12.6 Å². The fourth-order valence-electron chi connectivity index (χ4n) is 2.63. The van der Waals surface area contributed by atoms with E-state index in [4.69, 9.17) is 0 Å². The summed E-state index contributed by atoms with van der Waals surface area (Å²) in [5, 5.41) is 13.3. The third-order valence-electron chi connectivity index (χ3n) is 4.05. The molecule has 8 heteroatoms. The number of aromatic nitrogens is 4. The standard InChI is InChI=1S/C18H13F3N4S/c1-2-11-6-8-12(9-7-11)16-24-25-15(22-23-17(25)26-16)13-4-3-5-14(10-13)18(19,20)21/h3-10H,2H2,1H3. The molecule has 132 valence electrons. The van der Waals surface area contributed by atoms with Gasteiger partial charge in [-0.2, -0.15) is 22.8 Å². The Morgan fingerprint density at radius 1 is 1.00 bits per heavy atom. The molecular weight excluding hydrogens is 361 g/mol. The monoisotopic (exact) mass is 374 g/mol. The van der Waals surface area contributed by atoms with Crippen molar-refractivity contribution in [3.63, 3.8) is 0 Å². The minimum atomic E-state index is -4.41. The lowest BCUT2D eigenvalue weighted by Crippen LogP contribution is -2.05. The zero-order valence-corrected chi connectivity index (χ0v) is 14.5. The molecule has 0 fully saturated rings. The van der Waals surface area contributed by atoms with Crippen LogP contribution in [-0.4, -0.2) is 19.8 Å². The van der Waals surface area contributed by atoms with Crippen LogP contribution in [0.4, 0.5) is 13.2 Å². The molecule has 0 saturated carbocycles. The summed E-state index contributed by atoms with van der Waals surface area (Å²) in [6.45, 7) is 2.08. The van der Waals surface area contributed by atoms with E-state index in [0.717, 1.165) is 29.1 Å². The second-order valence-electron chi connectivity index (χ2n) is 5.75. The van der Waals surface area contributed by atoms with Crippen molar-refractivity contribution < 1.29 is 13.2 Å². The van der Waals surface area contributed by atoms with Crippen molar-refractivity contribution in [1.82, 2.24) is 19.8 Å². The number of fused-ring (bicyclic) bond motifs is 1. The number of rotatable bonds is 3. The van der Waals surface area contributed by atoms with E-state index in [1.165, 1.54) is 27.5 Å². The predicted octanol–water partition coefficient (Wildman–Crippen LogP) is 5.10. The fraction of sp³-hybridized carbons (Fsp3) is 0.167. The van der Waals surface area contributed by atoms with Gasteiger partial charge in [0.05, 0.1) is 5.56 Å². The van der Waals surface area contributed by atoms with Gasteiger partial charge >= 0.3 is 6.18 Å². The zero-order chi connectivity index (χ0) is 18.3. The van der Waals surface area contributed by atoms with Crippen molar-refractivity contribution in [1.29, 1.82) is 0 Å². The lowest BCUT2D eigenvalue weighted by Gasteiger charge is -2.07. The Morgan fingerprint density at radius 3 is 2.46 bits per heavy atom. The van der Waals surface area contributed by atoms with Gasteiger partial charge in [0.2, 0.25) is 4.96 Å². The first kappa shape index (κ1) is 16.7. The number of hydrogen-bond donors (Lipinski definition) is 0. The summed E-state index contributed by atoms with van der Waals surface area (Å²) in [4.78, 5) is 0.534. The molecule has 0 saturated heterocycles. The Balaban J connectivity index is 1.77. The first-order valence-corrected chi connectivity index (χ1v) is 8.76. The van der Waals surface area contributed by atoms with Gasteiger partial charge in [-0.3, -0.25) is 0 Å². The van der Waals surface area contributed by atoms with Crippen molar-refractivity contribution >= 4 is 16.3 Å². The van der Waals surface area contributed by atoms with Gasteiger partial charge in [0.1, 0.15) is 5.01 Å². The van der Waals surface area contributed by atoms with Gasteiger partial charge in [-0.05, 0) is 24.1 Å². The summed E-state index contributed by atoms with van der Waals surface area (Å²) in [7, 11) is 0. The lowest BCUT2D eigenvalue weighted by atomic mass is 10.1. The first-order chi connectivity index (χ1) is 12.5. The molecule has 0 bridgehead atoms. The van der Waals surface area contributed by atoms with Crippen LogP contribution in [0.1, 0.15) is 18.1 Å².